The Labute approximate surface area is 146 Å². The molecule has 9 heteroatoms. The van der Waals surface area contributed by atoms with Crippen LogP contribution in [0.3, 0.4) is 0 Å². The molecule has 3 rings (SSSR count). The molecular formula is C16H21N3O5S. The van der Waals surface area contributed by atoms with Crippen molar-refractivity contribution in [2.75, 3.05) is 26.2 Å². The van der Waals surface area contributed by atoms with Gasteiger partial charge in [0, 0.05) is 19.6 Å². The van der Waals surface area contributed by atoms with Gasteiger partial charge in [-0.15, -0.1) is 0 Å². The van der Waals surface area contributed by atoms with Gasteiger partial charge in [0.05, 0.1) is 11.5 Å². The molecule has 2 heterocycles. The monoisotopic (exact) mass is 367 g/mol. The maximum absolute atomic E-state index is 13.0. The summed E-state index contributed by atoms with van der Waals surface area (Å²) in [4.78, 5) is 26.1. The number of fused-ring (bicyclic) bond motifs is 1. The van der Waals surface area contributed by atoms with E-state index in [2.05, 4.69) is 5.32 Å². The zero-order chi connectivity index (χ0) is 18.4. The number of piperazine rings is 2. The minimum absolute atomic E-state index is 0.0918. The standard InChI is InChI=1S/C16H21N3O5S/c1-10-3-4-11(2)14(7-10)25(23,24)18-5-6-19-13(8-18)15(21)17-12(9-20)16(19)22/h3-4,7,12-13,20H,5-6,8-9H2,1-2H3,(H,17,21)/t12-,13+/m0/s1. The van der Waals surface area contributed by atoms with E-state index >= 15 is 0 Å². The summed E-state index contributed by atoms with van der Waals surface area (Å²) in [6.07, 6.45) is 0. The molecule has 8 nitrogen and oxygen atoms in total. The molecule has 136 valence electrons. The normalized spacial score (nSPS) is 24.8. The highest BCUT2D eigenvalue weighted by molar-refractivity contribution is 7.89. The first-order valence-corrected chi connectivity index (χ1v) is 9.49. The van der Waals surface area contributed by atoms with E-state index < -0.39 is 34.6 Å². The highest BCUT2D eigenvalue weighted by Gasteiger charge is 2.45. The summed E-state index contributed by atoms with van der Waals surface area (Å²) in [5.41, 5.74) is 1.47. The first-order chi connectivity index (χ1) is 11.8. The van der Waals surface area contributed by atoms with Crippen LogP contribution in [0.4, 0.5) is 0 Å². The van der Waals surface area contributed by atoms with Gasteiger partial charge in [-0.05, 0) is 31.0 Å². The van der Waals surface area contributed by atoms with E-state index in [-0.39, 0.29) is 30.4 Å². The lowest BCUT2D eigenvalue weighted by molar-refractivity contribution is -0.152. The summed E-state index contributed by atoms with van der Waals surface area (Å²) in [6, 6.07) is 3.38. The molecule has 0 aliphatic carbocycles. The number of sulfonamides is 1. The van der Waals surface area contributed by atoms with Crippen molar-refractivity contribution in [3.63, 3.8) is 0 Å². The van der Waals surface area contributed by atoms with Crippen LogP contribution in [-0.2, 0) is 19.6 Å². The van der Waals surface area contributed by atoms with Crippen LogP contribution in [0.5, 0.6) is 0 Å². The number of nitrogens with zero attached hydrogens (tertiary/aromatic N) is 2. The van der Waals surface area contributed by atoms with Crippen LogP contribution in [0.15, 0.2) is 23.1 Å². The van der Waals surface area contributed by atoms with Crippen molar-refractivity contribution in [3.8, 4) is 0 Å². The van der Waals surface area contributed by atoms with Gasteiger partial charge in [0.15, 0.2) is 0 Å². The van der Waals surface area contributed by atoms with Crippen LogP contribution < -0.4 is 5.32 Å². The average Bonchev–Trinajstić information content (AvgIpc) is 2.59. The van der Waals surface area contributed by atoms with E-state index in [4.69, 9.17) is 0 Å². The Morgan fingerprint density at radius 1 is 1.24 bits per heavy atom. The van der Waals surface area contributed by atoms with Gasteiger partial charge in [0.2, 0.25) is 21.8 Å². The average molecular weight is 367 g/mol. The molecule has 0 radical (unpaired) electrons. The van der Waals surface area contributed by atoms with Crippen molar-refractivity contribution in [1.29, 1.82) is 0 Å². The fourth-order valence-corrected chi connectivity index (χ4v) is 4.99. The number of nitrogens with one attached hydrogen (secondary N) is 1. The van der Waals surface area contributed by atoms with Gasteiger partial charge in [-0.25, -0.2) is 8.42 Å². The molecule has 25 heavy (non-hydrogen) atoms. The fourth-order valence-electron chi connectivity index (χ4n) is 3.24. The predicted octanol–water partition coefficient (Wildman–Crippen LogP) is -1.00. The number of carbonyl (C=O) groups excluding carboxylic acids is 2. The number of aryl methyl sites for hydroxylation is 2. The Hall–Kier alpha value is -1.97. The molecule has 2 amide bonds. The molecular weight excluding hydrogens is 346 g/mol. The largest absolute Gasteiger partial charge is 0.394 e. The minimum Gasteiger partial charge on any atom is -0.394 e. The summed E-state index contributed by atoms with van der Waals surface area (Å²) in [6.45, 7) is 3.22. The molecule has 0 bridgehead atoms. The number of hydrogen-bond donors (Lipinski definition) is 2. The maximum Gasteiger partial charge on any atom is 0.248 e. The van der Waals surface area contributed by atoms with Gasteiger partial charge in [-0.1, -0.05) is 12.1 Å². The van der Waals surface area contributed by atoms with Crippen molar-refractivity contribution in [1.82, 2.24) is 14.5 Å². The number of benzene rings is 1. The van der Waals surface area contributed by atoms with Crippen LogP contribution in [0.25, 0.3) is 0 Å². The third-order valence-electron chi connectivity index (χ3n) is 4.69. The SMILES string of the molecule is Cc1ccc(C)c(S(=O)(=O)N2CCN3C(=O)[C@H](CO)NC(=O)[C@H]3C2)c1. The number of carbonyl (C=O) groups is 2. The number of aliphatic hydroxyl groups is 1. The zero-order valence-electron chi connectivity index (χ0n) is 14.1. The van der Waals surface area contributed by atoms with E-state index in [0.717, 1.165) is 5.56 Å². The number of amides is 2. The Morgan fingerprint density at radius 2 is 1.96 bits per heavy atom. The van der Waals surface area contributed by atoms with E-state index in [1.54, 1.807) is 19.1 Å². The van der Waals surface area contributed by atoms with Crippen molar-refractivity contribution in [3.05, 3.63) is 29.3 Å². The Kier molecular flexibility index (Phi) is 4.56. The molecule has 0 unspecified atom stereocenters. The second kappa shape index (κ2) is 6.40. The van der Waals surface area contributed by atoms with Crippen LogP contribution in [0, 0.1) is 13.8 Å². The molecule has 1 aromatic carbocycles. The quantitative estimate of drug-likeness (QED) is 0.712. The highest BCUT2D eigenvalue weighted by atomic mass is 32.2. The lowest BCUT2D eigenvalue weighted by Crippen LogP contribution is -2.70. The molecule has 0 aromatic heterocycles. The van der Waals surface area contributed by atoms with Gasteiger partial charge in [0.25, 0.3) is 0 Å². The third kappa shape index (κ3) is 3.03. The first kappa shape index (κ1) is 17.8. The Bertz CT molecular complexity index is 823. The van der Waals surface area contributed by atoms with E-state index in [1.807, 2.05) is 13.0 Å². The number of hydrogen-bond acceptors (Lipinski definition) is 5. The summed E-state index contributed by atoms with van der Waals surface area (Å²) < 4.78 is 27.2. The highest BCUT2D eigenvalue weighted by Crippen LogP contribution is 2.25. The topological polar surface area (TPSA) is 107 Å². The Morgan fingerprint density at radius 3 is 2.64 bits per heavy atom. The Balaban J connectivity index is 1.88. The van der Waals surface area contributed by atoms with Gasteiger partial charge < -0.3 is 15.3 Å². The van der Waals surface area contributed by atoms with Crippen molar-refractivity contribution in [2.24, 2.45) is 0 Å². The smallest absolute Gasteiger partial charge is 0.248 e. The van der Waals surface area contributed by atoms with Crippen LogP contribution in [-0.4, -0.2) is 72.9 Å². The minimum atomic E-state index is -3.76. The van der Waals surface area contributed by atoms with E-state index in [0.29, 0.717) is 5.56 Å². The van der Waals surface area contributed by atoms with E-state index in [9.17, 15) is 23.1 Å². The van der Waals surface area contributed by atoms with Gasteiger partial charge in [0.1, 0.15) is 12.1 Å². The second-order valence-corrected chi connectivity index (χ2v) is 8.33. The first-order valence-electron chi connectivity index (χ1n) is 8.05. The molecule has 0 spiro atoms. The van der Waals surface area contributed by atoms with Crippen LogP contribution in [0.2, 0.25) is 0 Å². The molecule has 2 aliphatic rings. The fraction of sp³-hybridized carbons (Fsp3) is 0.500. The van der Waals surface area contributed by atoms with Crippen LogP contribution >= 0.6 is 0 Å². The molecule has 2 aliphatic heterocycles. The molecule has 2 N–H and O–H groups in total. The second-order valence-electron chi connectivity index (χ2n) is 6.42. The van der Waals surface area contributed by atoms with Crippen molar-refractivity contribution in [2.45, 2.75) is 30.8 Å². The van der Waals surface area contributed by atoms with Gasteiger partial charge in [-0.3, -0.25) is 9.59 Å². The lowest BCUT2D eigenvalue weighted by Gasteiger charge is -2.44. The molecule has 0 saturated carbocycles. The molecule has 2 fully saturated rings. The number of aliphatic hydroxyl groups excluding tert-OH is 1. The lowest BCUT2D eigenvalue weighted by atomic mass is 10.1. The maximum atomic E-state index is 13.0. The predicted molar refractivity (Wildman–Crippen MR) is 89.2 cm³/mol. The number of rotatable bonds is 3. The summed E-state index contributed by atoms with van der Waals surface area (Å²) in [5.74, 6) is -0.824. The molecule has 2 atom stereocenters. The summed E-state index contributed by atoms with van der Waals surface area (Å²) in [5, 5.41) is 11.6. The summed E-state index contributed by atoms with van der Waals surface area (Å²) >= 11 is 0. The van der Waals surface area contributed by atoms with Crippen molar-refractivity contribution < 1.29 is 23.1 Å². The van der Waals surface area contributed by atoms with Gasteiger partial charge in [-0.2, -0.15) is 4.31 Å². The zero-order valence-corrected chi connectivity index (χ0v) is 14.9. The summed E-state index contributed by atoms with van der Waals surface area (Å²) in [7, 11) is -3.76. The third-order valence-corrected chi connectivity index (χ3v) is 6.69. The van der Waals surface area contributed by atoms with E-state index in [1.165, 1.54) is 9.21 Å². The van der Waals surface area contributed by atoms with Gasteiger partial charge >= 0.3 is 0 Å². The molecule has 2 saturated heterocycles. The molecule has 1 aromatic rings. The van der Waals surface area contributed by atoms with Crippen molar-refractivity contribution >= 4 is 21.8 Å². The van der Waals surface area contributed by atoms with Crippen LogP contribution in [0.1, 0.15) is 11.1 Å².